The van der Waals surface area contributed by atoms with Crippen molar-refractivity contribution >= 4 is 33.4 Å². The molecule has 8 rings (SSSR count). The molecule has 2 atom stereocenters. The maximum Gasteiger partial charge on any atom is 0.319 e. The Morgan fingerprint density at radius 3 is 2.60 bits per heavy atom. The van der Waals surface area contributed by atoms with Gasteiger partial charge in [-0.1, -0.05) is 18.6 Å². The molecule has 1 N–H and O–H groups in total. The summed E-state index contributed by atoms with van der Waals surface area (Å²) in [6.07, 6.45) is 14.5. The van der Waals surface area contributed by atoms with Crippen molar-refractivity contribution in [2.75, 3.05) is 37.7 Å². The van der Waals surface area contributed by atoms with Crippen molar-refractivity contribution in [2.45, 2.75) is 56.1 Å². The molecule has 0 saturated carbocycles. The predicted octanol–water partition coefficient (Wildman–Crippen LogP) is 5.18. The number of fused-ring (bicyclic) bond motifs is 5. The minimum atomic E-state index is -0.764. The Morgan fingerprint density at radius 2 is 1.89 bits per heavy atom. The number of anilines is 1. The summed E-state index contributed by atoms with van der Waals surface area (Å²) in [6.45, 7) is 7.15. The first kappa shape index (κ1) is 29.6. The number of phenols is 1. The van der Waals surface area contributed by atoms with Crippen LogP contribution < -0.4 is 9.64 Å². The quantitative estimate of drug-likeness (QED) is 0.229. The first-order chi connectivity index (χ1) is 22.8. The van der Waals surface area contributed by atoms with Crippen LogP contribution in [-0.2, 0) is 4.79 Å². The number of rotatable bonds is 6. The molecule has 2 aromatic heterocycles. The number of aromatic hydroxyl groups is 1. The van der Waals surface area contributed by atoms with Gasteiger partial charge in [0, 0.05) is 42.3 Å². The molecule has 4 saturated heterocycles. The van der Waals surface area contributed by atoms with Gasteiger partial charge in [-0.3, -0.25) is 14.7 Å². The maximum atomic E-state index is 16.9. The van der Waals surface area contributed by atoms with Crippen LogP contribution in [-0.4, -0.2) is 86.2 Å². The van der Waals surface area contributed by atoms with Crippen LogP contribution in [0.1, 0.15) is 44.1 Å². The molecule has 1 amide bonds. The second kappa shape index (κ2) is 11.2. The van der Waals surface area contributed by atoms with E-state index in [0.717, 1.165) is 51.6 Å². The van der Waals surface area contributed by atoms with Gasteiger partial charge in [0.2, 0.25) is 5.91 Å². The van der Waals surface area contributed by atoms with E-state index in [9.17, 15) is 14.3 Å². The van der Waals surface area contributed by atoms with Crippen LogP contribution in [0, 0.1) is 24.0 Å². The van der Waals surface area contributed by atoms with E-state index >= 15 is 4.39 Å². The Bertz CT molecular complexity index is 1990. The number of terminal acetylenes is 1. The standard InChI is InChI=1S/C36H34F2N6O3/c1-3-25-28(37)10-7-21-15-24(45)16-26(30(21)25)32-31(38)33-27(17-39-32)34(42-18-22-8-9-23(19-42)44(22)29(46)4-2)41-35(40-33)47-20-36-11-5-13-43(36)14-6-12-36/h1,4,7,10,15-17,22-23,45H,2,5-6,8-9,11-14,18-20H2. The van der Waals surface area contributed by atoms with Crippen molar-refractivity contribution in [3.05, 3.63) is 60.3 Å². The van der Waals surface area contributed by atoms with Crippen LogP contribution in [0.25, 0.3) is 32.9 Å². The molecule has 4 aromatic rings. The van der Waals surface area contributed by atoms with E-state index in [1.165, 1.54) is 36.5 Å². The van der Waals surface area contributed by atoms with E-state index in [1.54, 1.807) is 0 Å². The third-order valence-corrected chi connectivity index (χ3v) is 10.6. The number of halogens is 2. The fourth-order valence-electron chi connectivity index (χ4n) is 8.47. The van der Waals surface area contributed by atoms with Gasteiger partial charge in [0.05, 0.1) is 16.5 Å². The molecule has 0 radical (unpaired) electrons. The smallest absolute Gasteiger partial charge is 0.319 e. The summed E-state index contributed by atoms with van der Waals surface area (Å²) < 4.78 is 38.1. The molecule has 6 heterocycles. The summed E-state index contributed by atoms with van der Waals surface area (Å²) in [5, 5.41) is 11.7. The number of amides is 1. The average Bonchev–Trinajstić information content (AvgIpc) is 3.73. The molecule has 4 aliphatic rings. The molecule has 240 valence electrons. The van der Waals surface area contributed by atoms with Gasteiger partial charge in [-0.05, 0) is 81.3 Å². The molecule has 2 aromatic carbocycles. The predicted molar refractivity (Wildman–Crippen MR) is 174 cm³/mol. The minimum absolute atomic E-state index is 0.00528. The highest BCUT2D eigenvalue weighted by Crippen LogP contribution is 2.42. The number of nitrogens with zero attached hydrogens (tertiary/aromatic N) is 6. The molecule has 0 spiro atoms. The Kier molecular flexibility index (Phi) is 7.02. The summed E-state index contributed by atoms with van der Waals surface area (Å²) >= 11 is 0. The van der Waals surface area contributed by atoms with E-state index in [2.05, 4.69) is 32.3 Å². The molecule has 2 bridgehead atoms. The van der Waals surface area contributed by atoms with Crippen LogP contribution in [0.2, 0.25) is 0 Å². The Hall–Kier alpha value is -4.82. The molecule has 47 heavy (non-hydrogen) atoms. The van der Waals surface area contributed by atoms with Gasteiger partial charge in [-0.15, -0.1) is 6.42 Å². The number of pyridine rings is 1. The zero-order valence-corrected chi connectivity index (χ0v) is 25.9. The van der Waals surface area contributed by atoms with Crippen molar-refractivity contribution in [2.24, 2.45) is 0 Å². The number of aromatic nitrogens is 3. The number of piperazine rings is 1. The van der Waals surface area contributed by atoms with Crippen molar-refractivity contribution in [3.8, 4) is 35.4 Å². The normalized spacial score (nSPS) is 21.7. The van der Waals surface area contributed by atoms with Crippen molar-refractivity contribution in [3.63, 3.8) is 0 Å². The lowest BCUT2D eigenvalue weighted by molar-refractivity contribution is -0.129. The number of carbonyl (C=O) groups excluding carboxylic acids is 1. The number of hydrogen-bond acceptors (Lipinski definition) is 8. The van der Waals surface area contributed by atoms with Gasteiger partial charge in [-0.2, -0.15) is 9.97 Å². The summed E-state index contributed by atoms with van der Waals surface area (Å²) in [5.74, 6) is 1.22. The average molecular weight is 637 g/mol. The zero-order chi connectivity index (χ0) is 32.4. The maximum absolute atomic E-state index is 16.9. The van der Waals surface area contributed by atoms with Crippen molar-refractivity contribution < 1.29 is 23.4 Å². The SMILES string of the molecule is C#Cc1c(F)ccc2cc(O)cc(-c3ncc4c(N5CC6CCC(C5)N6C(=O)C=C)nc(OCC56CCCN5CCC6)nc4c3F)c12. The first-order valence-corrected chi connectivity index (χ1v) is 16.2. The van der Waals surface area contributed by atoms with Crippen molar-refractivity contribution in [1.29, 1.82) is 0 Å². The molecule has 2 unspecified atom stereocenters. The molecule has 4 fully saturated rings. The summed E-state index contributed by atoms with van der Waals surface area (Å²) in [7, 11) is 0. The molecular weight excluding hydrogens is 602 g/mol. The van der Waals surface area contributed by atoms with Gasteiger partial charge in [-0.25, -0.2) is 8.78 Å². The molecule has 0 aliphatic carbocycles. The van der Waals surface area contributed by atoms with Crippen LogP contribution in [0.4, 0.5) is 14.6 Å². The number of ether oxygens (including phenoxy) is 1. The van der Waals surface area contributed by atoms with Crippen molar-refractivity contribution in [1.82, 2.24) is 24.8 Å². The highest BCUT2D eigenvalue weighted by molar-refractivity contribution is 6.03. The van der Waals surface area contributed by atoms with Gasteiger partial charge in [0.1, 0.15) is 35.2 Å². The van der Waals surface area contributed by atoms with E-state index in [1.807, 2.05) is 4.90 Å². The summed E-state index contributed by atoms with van der Waals surface area (Å²) in [5.41, 5.74) is -0.115. The fraction of sp³-hybridized carbons (Fsp3) is 0.389. The highest BCUT2D eigenvalue weighted by atomic mass is 19.1. The van der Waals surface area contributed by atoms with E-state index < -0.39 is 11.6 Å². The number of phenolic OH excluding ortho intramolecular Hbond substituents is 1. The van der Waals surface area contributed by atoms with Gasteiger partial charge < -0.3 is 19.6 Å². The number of carbonyl (C=O) groups is 1. The molecule has 4 aliphatic heterocycles. The van der Waals surface area contributed by atoms with Gasteiger partial charge in [0.15, 0.2) is 5.82 Å². The van der Waals surface area contributed by atoms with E-state index in [-0.39, 0.29) is 63.0 Å². The topological polar surface area (TPSA) is 94.9 Å². The van der Waals surface area contributed by atoms with Gasteiger partial charge in [0.25, 0.3) is 0 Å². The minimum Gasteiger partial charge on any atom is -0.508 e. The van der Waals surface area contributed by atoms with Crippen LogP contribution >= 0.6 is 0 Å². The lowest BCUT2D eigenvalue weighted by Crippen LogP contribution is -2.55. The molecular formula is C36H34F2N6O3. The van der Waals surface area contributed by atoms with Crippen LogP contribution in [0.15, 0.2) is 43.1 Å². The lowest BCUT2D eigenvalue weighted by Gasteiger charge is -2.41. The third-order valence-electron chi connectivity index (χ3n) is 10.6. The third kappa shape index (κ3) is 4.68. The Morgan fingerprint density at radius 1 is 1.15 bits per heavy atom. The number of benzene rings is 2. The summed E-state index contributed by atoms with van der Waals surface area (Å²) in [4.78, 5) is 33.1. The lowest BCUT2D eigenvalue weighted by atomic mass is 9.95. The Balaban J connectivity index is 1.27. The fourth-order valence-corrected chi connectivity index (χ4v) is 8.47. The van der Waals surface area contributed by atoms with E-state index in [4.69, 9.17) is 16.1 Å². The highest BCUT2D eigenvalue weighted by Gasteiger charge is 2.45. The largest absolute Gasteiger partial charge is 0.508 e. The van der Waals surface area contributed by atoms with Gasteiger partial charge >= 0.3 is 6.01 Å². The monoisotopic (exact) mass is 636 g/mol. The number of hydrogen-bond donors (Lipinski definition) is 1. The second-order valence-corrected chi connectivity index (χ2v) is 13.1. The second-order valence-electron chi connectivity index (χ2n) is 13.1. The van der Waals surface area contributed by atoms with E-state index in [0.29, 0.717) is 36.3 Å². The van der Waals surface area contributed by atoms with Crippen LogP contribution in [0.5, 0.6) is 11.8 Å². The Labute approximate surface area is 270 Å². The van der Waals surface area contributed by atoms with Crippen LogP contribution in [0.3, 0.4) is 0 Å². The summed E-state index contributed by atoms with van der Waals surface area (Å²) in [6, 6.07) is 5.48. The molecule has 9 nitrogen and oxygen atoms in total. The first-order valence-electron chi connectivity index (χ1n) is 16.2. The molecule has 11 heteroatoms. The zero-order valence-electron chi connectivity index (χ0n) is 25.9.